The van der Waals surface area contributed by atoms with Crippen LogP contribution in [0.4, 0.5) is 11.5 Å². The first-order valence-corrected chi connectivity index (χ1v) is 11.8. The monoisotopic (exact) mass is 421 g/mol. The molecule has 0 spiro atoms. The van der Waals surface area contributed by atoms with Gasteiger partial charge in [0.25, 0.3) is 5.91 Å². The summed E-state index contributed by atoms with van der Waals surface area (Å²) in [5.41, 5.74) is 8.66. The molecule has 0 radical (unpaired) electrons. The van der Waals surface area contributed by atoms with Crippen LogP contribution in [0.15, 0.2) is 42.5 Å². The molecule has 4 rings (SSSR count). The predicted molar refractivity (Wildman–Crippen MR) is 126 cm³/mol. The van der Waals surface area contributed by atoms with Crippen molar-refractivity contribution in [2.75, 3.05) is 31.5 Å². The zero-order valence-electron chi connectivity index (χ0n) is 18.4. The van der Waals surface area contributed by atoms with Gasteiger partial charge in [-0.1, -0.05) is 24.6 Å². The summed E-state index contributed by atoms with van der Waals surface area (Å²) in [6, 6.07) is 14.2. The number of nitrogens with zero attached hydrogens (tertiary/aromatic N) is 2. The van der Waals surface area contributed by atoms with Crippen LogP contribution in [-0.4, -0.2) is 48.0 Å². The first-order valence-electron chi connectivity index (χ1n) is 11.8. The van der Waals surface area contributed by atoms with Crippen LogP contribution in [0.2, 0.25) is 0 Å². The second-order valence-electron chi connectivity index (χ2n) is 8.89. The number of rotatable bonds is 7. The minimum absolute atomic E-state index is 0.0693. The highest BCUT2D eigenvalue weighted by Crippen LogP contribution is 2.33. The Morgan fingerprint density at radius 2 is 1.74 bits per heavy atom. The molecule has 1 aromatic carbocycles. The van der Waals surface area contributed by atoms with Crippen LogP contribution in [0.5, 0.6) is 0 Å². The Labute approximate surface area is 185 Å². The van der Waals surface area contributed by atoms with E-state index in [0.29, 0.717) is 29.9 Å². The third kappa shape index (κ3) is 6.05. The van der Waals surface area contributed by atoms with Crippen molar-refractivity contribution >= 4 is 17.4 Å². The van der Waals surface area contributed by atoms with Gasteiger partial charge in [-0.3, -0.25) is 4.79 Å². The van der Waals surface area contributed by atoms with Crippen molar-refractivity contribution in [3.8, 4) is 0 Å². The molecule has 6 heteroatoms. The standard InChI is InChI=1S/C25H35N5O/c26-20-11-9-19(10-12-20)23-14-13-22(24(29-23)28-21-7-3-1-4-8-21)25(31)27-15-18-30-16-5-2-6-17-30/h1,3-4,7-8,13-14,19-20H,2,5-6,9-12,15-18,26H2,(H,27,31)(H,28,29)/t19-,20+. The maximum atomic E-state index is 13.0. The van der Waals surface area contributed by atoms with Crippen LogP contribution < -0.4 is 16.4 Å². The van der Waals surface area contributed by atoms with Crippen molar-refractivity contribution in [2.24, 2.45) is 5.73 Å². The van der Waals surface area contributed by atoms with Crippen molar-refractivity contribution in [1.29, 1.82) is 0 Å². The molecule has 166 valence electrons. The third-order valence-electron chi connectivity index (χ3n) is 6.55. The number of carbonyl (C=O) groups is 1. The predicted octanol–water partition coefficient (Wildman–Crippen LogP) is 4.03. The Morgan fingerprint density at radius 1 is 1.00 bits per heavy atom. The fraction of sp³-hybridized carbons (Fsp3) is 0.520. The molecule has 1 aliphatic carbocycles. The summed E-state index contributed by atoms with van der Waals surface area (Å²) in [5, 5.41) is 6.47. The molecule has 1 aliphatic heterocycles. The van der Waals surface area contributed by atoms with E-state index in [1.807, 2.05) is 42.5 Å². The van der Waals surface area contributed by atoms with Gasteiger partial charge >= 0.3 is 0 Å². The highest BCUT2D eigenvalue weighted by Gasteiger charge is 2.23. The molecular formula is C25H35N5O. The van der Waals surface area contributed by atoms with Gasteiger partial charge in [0.2, 0.25) is 0 Å². The first kappa shape index (κ1) is 21.8. The zero-order valence-corrected chi connectivity index (χ0v) is 18.4. The fourth-order valence-corrected chi connectivity index (χ4v) is 4.66. The maximum Gasteiger partial charge on any atom is 0.255 e. The van der Waals surface area contributed by atoms with E-state index in [0.717, 1.165) is 56.7 Å². The van der Waals surface area contributed by atoms with Crippen molar-refractivity contribution < 1.29 is 4.79 Å². The van der Waals surface area contributed by atoms with Gasteiger partial charge < -0.3 is 21.3 Å². The number of aromatic nitrogens is 1. The first-order chi connectivity index (χ1) is 15.2. The molecule has 1 saturated carbocycles. The highest BCUT2D eigenvalue weighted by atomic mass is 16.1. The molecule has 2 aliphatic rings. The fourth-order valence-electron chi connectivity index (χ4n) is 4.66. The van der Waals surface area contributed by atoms with Crippen LogP contribution in [0.3, 0.4) is 0 Å². The van der Waals surface area contributed by atoms with E-state index >= 15 is 0 Å². The number of carbonyl (C=O) groups excluding carboxylic acids is 1. The van der Waals surface area contributed by atoms with E-state index in [9.17, 15) is 4.79 Å². The summed E-state index contributed by atoms with van der Waals surface area (Å²) in [4.78, 5) is 20.3. The molecule has 2 fully saturated rings. The molecule has 2 heterocycles. The van der Waals surface area contributed by atoms with Gasteiger partial charge in [0.15, 0.2) is 0 Å². The lowest BCUT2D eigenvalue weighted by Gasteiger charge is -2.27. The Kier molecular flexibility index (Phi) is 7.54. The molecule has 6 nitrogen and oxygen atoms in total. The summed E-state index contributed by atoms with van der Waals surface area (Å²) in [6.45, 7) is 3.84. The molecule has 4 N–H and O–H groups in total. The zero-order chi connectivity index (χ0) is 21.5. The Balaban J connectivity index is 1.47. The number of anilines is 2. The van der Waals surface area contributed by atoms with Gasteiger partial charge in [-0.05, 0) is 75.9 Å². The summed E-state index contributed by atoms with van der Waals surface area (Å²) >= 11 is 0. The van der Waals surface area contributed by atoms with E-state index < -0.39 is 0 Å². The molecule has 0 bridgehead atoms. The molecule has 1 amide bonds. The Morgan fingerprint density at radius 3 is 2.48 bits per heavy atom. The van der Waals surface area contributed by atoms with E-state index in [1.165, 1.54) is 19.3 Å². The lowest BCUT2D eigenvalue weighted by molar-refractivity contribution is 0.0947. The van der Waals surface area contributed by atoms with Crippen LogP contribution in [0, 0.1) is 0 Å². The molecular weight excluding hydrogens is 386 g/mol. The number of nitrogens with one attached hydrogen (secondary N) is 2. The van der Waals surface area contributed by atoms with Gasteiger partial charge in [-0.2, -0.15) is 0 Å². The lowest BCUT2D eigenvalue weighted by Crippen LogP contribution is -2.37. The quantitative estimate of drug-likeness (QED) is 0.629. The number of benzene rings is 1. The number of piperidine rings is 1. The summed E-state index contributed by atoms with van der Waals surface area (Å²) in [6.07, 6.45) is 8.02. The van der Waals surface area contributed by atoms with Gasteiger partial charge in [0.1, 0.15) is 5.82 Å². The Hall–Kier alpha value is -2.44. The van der Waals surface area contributed by atoms with E-state index in [1.54, 1.807) is 0 Å². The minimum Gasteiger partial charge on any atom is -0.351 e. The number of likely N-dealkylation sites (tertiary alicyclic amines) is 1. The van der Waals surface area contributed by atoms with Crippen LogP contribution >= 0.6 is 0 Å². The summed E-state index contributed by atoms with van der Waals surface area (Å²) < 4.78 is 0. The van der Waals surface area contributed by atoms with E-state index in [-0.39, 0.29) is 5.91 Å². The van der Waals surface area contributed by atoms with Gasteiger partial charge in [-0.25, -0.2) is 4.98 Å². The van der Waals surface area contributed by atoms with Gasteiger partial charge in [-0.15, -0.1) is 0 Å². The van der Waals surface area contributed by atoms with Crippen LogP contribution in [0.25, 0.3) is 0 Å². The van der Waals surface area contributed by atoms with E-state index in [2.05, 4.69) is 15.5 Å². The molecule has 0 unspecified atom stereocenters. The molecule has 1 aromatic heterocycles. The maximum absolute atomic E-state index is 13.0. The largest absolute Gasteiger partial charge is 0.351 e. The number of pyridine rings is 1. The second kappa shape index (κ2) is 10.7. The lowest BCUT2D eigenvalue weighted by atomic mass is 9.84. The molecule has 1 saturated heterocycles. The Bertz CT molecular complexity index is 842. The topological polar surface area (TPSA) is 83.3 Å². The van der Waals surface area contributed by atoms with Gasteiger partial charge in [0.05, 0.1) is 5.56 Å². The number of para-hydroxylation sites is 1. The number of hydrogen-bond donors (Lipinski definition) is 3. The number of nitrogens with two attached hydrogens (primary N) is 1. The third-order valence-corrected chi connectivity index (χ3v) is 6.55. The normalized spacial score (nSPS) is 22.1. The second-order valence-corrected chi connectivity index (χ2v) is 8.89. The van der Waals surface area contributed by atoms with E-state index in [4.69, 9.17) is 10.7 Å². The van der Waals surface area contributed by atoms with Crippen LogP contribution in [0.1, 0.15) is 66.9 Å². The smallest absolute Gasteiger partial charge is 0.255 e. The molecule has 0 atom stereocenters. The number of hydrogen-bond acceptors (Lipinski definition) is 5. The van der Waals surface area contributed by atoms with Gasteiger partial charge in [0, 0.05) is 36.4 Å². The average molecular weight is 422 g/mol. The summed E-state index contributed by atoms with van der Waals surface area (Å²) in [5.74, 6) is 0.974. The van der Waals surface area contributed by atoms with Crippen molar-refractivity contribution in [3.05, 3.63) is 53.7 Å². The summed E-state index contributed by atoms with van der Waals surface area (Å²) in [7, 11) is 0. The average Bonchev–Trinajstić information content (AvgIpc) is 2.81. The highest BCUT2D eigenvalue weighted by molar-refractivity contribution is 5.99. The van der Waals surface area contributed by atoms with Crippen molar-refractivity contribution in [1.82, 2.24) is 15.2 Å². The minimum atomic E-state index is -0.0693. The number of amides is 1. The SMILES string of the molecule is N[C@H]1CC[C@@H](c2ccc(C(=O)NCCN3CCCCC3)c(Nc3ccccc3)n2)CC1. The molecule has 31 heavy (non-hydrogen) atoms. The molecule has 2 aromatic rings. The van der Waals surface area contributed by atoms with Crippen molar-refractivity contribution in [2.45, 2.75) is 56.9 Å². The van der Waals surface area contributed by atoms with Crippen molar-refractivity contribution in [3.63, 3.8) is 0 Å². The van der Waals surface area contributed by atoms with Crippen LogP contribution in [-0.2, 0) is 0 Å².